The van der Waals surface area contributed by atoms with E-state index in [2.05, 4.69) is 0 Å². The molecule has 0 saturated carbocycles. The average Bonchev–Trinajstić information content (AvgIpc) is 2.23. The predicted molar refractivity (Wildman–Crippen MR) is 50.3 cm³/mol. The van der Waals surface area contributed by atoms with E-state index in [9.17, 15) is 13.9 Å². The first-order valence-corrected chi connectivity index (χ1v) is 4.91. The van der Waals surface area contributed by atoms with Gasteiger partial charge in [-0.1, -0.05) is 0 Å². The number of benzene rings is 1. The Labute approximate surface area is 86.5 Å². The second-order valence-corrected chi connectivity index (χ2v) is 3.72. The van der Waals surface area contributed by atoms with Crippen LogP contribution in [-0.4, -0.2) is 17.8 Å². The van der Waals surface area contributed by atoms with E-state index < -0.39 is 23.8 Å². The fourth-order valence-corrected chi connectivity index (χ4v) is 1.74. The van der Waals surface area contributed by atoms with Gasteiger partial charge in [-0.3, -0.25) is 0 Å². The zero-order chi connectivity index (χ0) is 10.8. The Kier molecular flexibility index (Phi) is 2.98. The standard InChI is InChI=1S/C11H12F2O2/c12-7-1-3-10(13)9(5-7)11-4-2-8(14)6-15-11/h1,3,5,8,11,14H,2,4,6H2/t8-,11+/m1/s1. The smallest absolute Gasteiger partial charge is 0.129 e. The van der Waals surface area contributed by atoms with Gasteiger partial charge in [0, 0.05) is 5.56 Å². The van der Waals surface area contributed by atoms with Gasteiger partial charge in [-0.25, -0.2) is 8.78 Å². The molecule has 15 heavy (non-hydrogen) atoms. The van der Waals surface area contributed by atoms with Crippen molar-refractivity contribution < 1.29 is 18.6 Å². The van der Waals surface area contributed by atoms with Gasteiger partial charge in [0.2, 0.25) is 0 Å². The van der Waals surface area contributed by atoms with E-state index in [4.69, 9.17) is 4.74 Å². The number of ether oxygens (including phenoxy) is 1. The molecule has 1 heterocycles. The Morgan fingerprint density at radius 3 is 2.73 bits per heavy atom. The zero-order valence-electron chi connectivity index (χ0n) is 8.12. The largest absolute Gasteiger partial charge is 0.391 e. The fourth-order valence-electron chi connectivity index (χ4n) is 1.74. The van der Waals surface area contributed by atoms with Crippen LogP contribution in [0.25, 0.3) is 0 Å². The van der Waals surface area contributed by atoms with Crippen LogP contribution in [0.1, 0.15) is 24.5 Å². The number of hydrogen-bond donors (Lipinski definition) is 1. The second-order valence-electron chi connectivity index (χ2n) is 3.72. The average molecular weight is 214 g/mol. The minimum atomic E-state index is -0.488. The normalized spacial score (nSPS) is 26.6. The van der Waals surface area contributed by atoms with Crippen LogP contribution in [0.2, 0.25) is 0 Å². The highest BCUT2D eigenvalue weighted by atomic mass is 19.1. The Bertz CT molecular complexity index is 346. The van der Waals surface area contributed by atoms with Gasteiger partial charge in [0.1, 0.15) is 11.6 Å². The van der Waals surface area contributed by atoms with Gasteiger partial charge in [-0.2, -0.15) is 0 Å². The van der Waals surface area contributed by atoms with Gasteiger partial charge >= 0.3 is 0 Å². The lowest BCUT2D eigenvalue weighted by Crippen LogP contribution is -2.25. The number of rotatable bonds is 1. The van der Waals surface area contributed by atoms with Crippen molar-refractivity contribution in [2.45, 2.75) is 25.0 Å². The van der Waals surface area contributed by atoms with Crippen molar-refractivity contribution >= 4 is 0 Å². The quantitative estimate of drug-likeness (QED) is 0.776. The van der Waals surface area contributed by atoms with Crippen LogP contribution in [0.5, 0.6) is 0 Å². The molecule has 2 atom stereocenters. The summed E-state index contributed by atoms with van der Waals surface area (Å²) in [6.07, 6.45) is 0.143. The lowest BCUT2D eigenvalue weighted by Gasteiger charge is -2.26. The van der Waals surface area contributed by atoms with Crippen molar-refractivity contribution in [3.63, 3.8) is 0 Å². The molecule has 0 aromatic heterocycles. The zero-order valence-corrected chi connectivity index (χ0v) is 8.12. The molecule has 4 heteroatoms. The molecule has 1 aromatic carbocycles. The molecule has 0 unspecified atom stereocenters. The molecule has 1 aromatic rings. The summed E-state index contributed by atoms with van der Waals surface area (Å²) in [6, 6.07) is 3.33. The highest BCUT2D eigenvalue weighted by Gasteiger charge is 2.23. The van der Waals surface area contributed by atoms with Crippen LogP contribution in [-0.2, 0) is 4.74 Å². The van der Waals surface area contributed by atoms with Crippen LogP contribution in [0.3, 0.4) is 0 Å². The summed E-state index contributed by atoms with van der Waals surface area (Å²) in [5, 5.41) is 9.20. The van der Waals surface area contributed by atoms with E-state index in [0.29, 0.717) is 12.8 Å². The molecule has 0 spiro atoms. The molecule has 2 nitrogen and oxygen atoms in total. The van der Waals surface area contributed by atoms with E-state index in [1.165, 1.54) is 0 Å². The lowest BCUT2D eigenvalue weighted by molar-refractivity contribution is -0.0581. The Morgan fingerprint density at radius 2 is 2.07 bits per heavy atom. The van der Waals surface area contributed by atoms with Crippen molar-refractivity contribution in [3.05, 3.63) is 35.4 Å². The van der Waals surface area contributed by atoms with Gasteiger partial charge in [0.05, 0.1) is 18.8 Å². The van der Waals surface area contributed by atoms with Gasteiger partial charge < -0.3 is 9.84 Å². The Balaban J connectivity index is 2.18. The van der Waals surface area contributed by atoms with Gasteiger partial charge in [-0.15, -0.1) is 0 Å². The van der Waals surface area contributed by atoms with Crippen molar-refractivity contribution in [2.75, 3.05) is 6.61 Å². The second kappa shape index (κ2) is 4.24. The molecule has 1 aliphatic rings. The molecule has 0 aliphatic carbocycles. The van der Waals surface area contributed by atoms with Crippen LogP contribution in [0.4, 0.5) is 8.78 Å². The molecule has 1 aliphatic heterocycles. The van der Waals surface area contributed by atoms with E-state index in [1.807, 2.05) is 0 Å². The van der Waals surface area contributed by atoms with Crippen LogP contribution in [0.15, 0.2) is 18.2 Å². The number of aliphatic hydroxyl groups is 1. The fraction of sp³-hybridized carbons (Fsp3) is 0.455. The first-order chi connectivity index (χ1) is 7.16. The van der Waals surface area contributed by atoms with Crippen molar-refractivity contribution in [2.24, 2.45) is 0 Å². The summed E-state index contributed by atoms with van der Waals surface area (Å²) in [4.78, 5) is 0. The third-order valence-electron chi connectivity index (χ3n) is 2.56. The number of halogens is 2. The lowest BCUT2D eigenvalue weighted by atomic mass is 10.00. The van der Waals surface area contributed by atoms with Crippen molar-refractivity contribution in [1.29, 1.82) is 0 Å². The van der Waals surface area contributed by atoms with Crippen molar-refractivity contribution in [1.82, 2.24) is 0 Å². The van der Waals surface area contributed by atoms with Crippen LogP contribution < -0.4 is 0 Å². The van der Waals surface area contributed by atoms with Gasteiger partial charge in [0.25, 0.3) is 0 Å². The molecule has 2 rings (SSSR count). The van der Waals surface area contributed by atoms with Crippen molar-refractivity contribution in [3.8, 4) is 0 Å². The molecular formula is C11H12F2O2. The van der Waals surface area contributed by atoms with E-state index in [-0.39, 0.29) is 12.2 Å². The third-order valence-corrected chi connectivity index (χ3v) is 2.56. The molecule has 1 saturated heterocycles. The van der Waals surface area contributed by atoms with Crippen LogP contribution in [0, 0.1) is 11.6 Å². The summed E-state index contributed by atoms with van der Waals surface area (Å²) in [7, 11) is 0. The summed E-state index contributed by atoms with van der Waals surface area (Å²) in [5.41, 5.74) is 0.238. The molecule has 82 valence electrons. The molecule has 1 N–H and O–H groups in total. The summed E-state index contributed by atoms with van der Waals surface area (Å²) >= 11 is 0. The Morgan fingerprint density at radius 1 is 1.27 bits per heavy atom. The summed E-state index contributed by atoms with van der Waals surface area (Å²) in [5.74, 6) is -0.932. The topological polar surface area (TPSA) is 29.5 Å². The van der Waals surface area contributed by atoms with E-state index in [1.54, 1.807) is 0 Å². The van der Waals surface area contributed by atoms with Crippen LogP contribution >= 0.6 is 0 Å². The maximum Gasteiger partial charge on any atom is 0.129 e. The Hall–Kier alpha value is -1.00. The molecular weight excluding hydrogens is 202 g/mol. The summed E-state index contributed by atoms with van der Waals surface area (Å²) < 4.78 is 31.5. The van der Waals surface area contributed by atoms with E-state index in [0.717, 1.165) is 18.2 Å². The molecule has 0 amide bonds. The summed E-state index contributed by atoms with van der Waals surface area (Å²) in [6.45, 7) is 0.181. The third kappa shape index (κ3) is 2.33. The first kappa shape index (κ1) is 10.5. The SMILES string of the molecule is O[C@@H]1CC[C@@H](c2cc(F)ccc2F)OC1. The number of hydrogen-bond acceptors (Lipinski definition) is 2. The highest BCUT2D eigenvalue weighted by molar-refractivity contribution is 5.21. The molecule has 0 radical (unpaired) electrons. The van der Waals surface area contributed by atoms with E-state index >= 15 is 0 Å². The van der Waals surface area contributed by atoms with Gasteiger partial charge in [-0.05, 0) is 31.0 Å². The predicted octanol–water partition coefficient (Wildman–Crippen LogP) is 2.18. The maximum absolute atomic E-state index is 13.3. The first-order valence-electron chi connectivity index (χ1n) is 4.91. The minimum Gasteiger partial charge on any atom is -0.391 e. The molecule has 0 bridgehead atoms. The number of aliphatic hydroxyl groups excluding tert-OH is 1. The molecule has 1 fully saturated rings. The maximum atomic E-state index is 13.3. The van der Waals surface area contributed by atoms with Gasteiger partial charge in [0.15, 0.2) is 0 Å². The monoisotopic (exact) mass is 214 g/mol. The highest BCUT2D eigenvalue weighted by Crippen LogP contribution is 2.30. The minimum absolute atomic E-state index is 0.181.